The molecule has 5 atom stereocenters. The second-order valence-corrected chi connectivity index (χ2v) is 20.0. The van der Waals surface area contributed by atoms with Crippen molar-refractivity contribution in [3.8, 4) is 11.1 Å². The van der Waals surface area contributed by atoms with E-state index in [1.54, 1.807) is 21.7 Å². The van der Waals surface area contributed by atoms with Gasteiger partial charge in [0.1, 0.15) is 0 Å². The summed E-state index contributed by atoms with van der Waals surface area (Å²) in [5.74, 6) is 2.56. The fourth-order valence-electron chi connectivity index (χ4n) is 10.6. The molecule has 1 saturated carbocycles. The molecule has 5 unspecified atom stereocenters. The molecule has 52 heavy (non-hydrogen) atoms. The number of fused-ring (bicyclic) bond motifs is 14. The Kier molecular flexibility index (Phi) is 7.60. The summed E-state index contributed by atoms with van der Waals surface area (Å²) in [6, 6.07) is 51.8. The van der Waals surface area contributed by atoms with E-state index in [4.69, 9.17) is 0 Å². The quantitative estimate of drug-likeness (QED) is 0.157. The second-order valence-electron chi connectivity index (χ2n) is 15.6. The molecule has 2 heterocycles. The molecule has 2 aliphatic heterocycles. The van der Waals surface area contributed by atoms with E-state index in [0.717, 1.165) is 12.3 Å². The lowest BCUT2D eigenvalue weighted by Crippen LogP contribution is -2.34. The SMILES string of the molecule is C1=CC2CCC3CP(c4ccccc4P4Cc5ccc6ccccc6c5-c5c(ccc6ccccc56)C4)Cc4ccc5ccccc5c4C3C2C=C1. The van der Waals surface area contributed by atoms with Crippen LogP contribution in [0.1, 0.15) is 41.0 Å². The first-order valence-corrected chi connectivity index (χ1v) is 22.7. The van der Waals surface area contributed by atoms with Crippen LogP contribution >= 0.6 is 15.8 Å². The second kappa shape index (κ2) is 12.7. The molecule has 0 N–H and O–H groups in total. The average Bonchev–Trinajstić information content (AvgIpc) is 3.49. The maximum atomic E-state index is 2.58. The fraction of sp³-hybridized carbons (Fsp3) is 0.200. The normalized spacial score (nSPS) is 23.7. The minimum absolute atomic E-state index is 0.375. The Morgan fingerprint density at radius 1 is 0.442 bits per heavy atom. The molecule has 252 valence electrons. The summed E-state index contributed by atoms with van der Waals surface area (Å²) in [5.41, 5.74) is 9.30. The molecule has 0 amide bonds. The molecule has 4 aliphatic rings. The average molecular weight is 705 g/mol. The van der Waals surface area contributed by atoms with Crippen LogP contribution in [0.3, 0.4) is 0 Å². The van der Waals surface area contributed by atoms with E-state index in [1.165, 1.54) is 79.7 Å². The summed E-state index contributed by atoms with van der Waals surface area (Å²) in [6.07, 6.45) is 17.2. The van der Waals surface area contributed by atoms with Crippen molar-refractivity contribution in [3.63, 3.8) is 0 Å². The van der Waals surface area contributed by atoms with Crippen LogP contribution in [0.25, 0.3) is 43.4 Å². The molecular weight excluding hydrogens is 662 g/mol. The number of hydrogen-bond donors (Lipinski definition) is 0. The highest BCUT2D eigenvalue weighted by Crippen LogP contribution is 2.59. The lowest BCUT2D eigenvalue weighted by atomic mass is 9.62. The molecule has 0 spiro atoms. The van der Waals surface area contributed by atoms with Crippen molar-refractivity contribution in [1.82, 2.24) is 0 Å². The summed E-state index contributed by atoms with van der Waals surface area (Å²) in [5, 5.41) is 11.7. The van der Waals surface area contributed by atoms with Gasteiger partial charge in [-0.15, -0.1) is 0 Å². The highest BCUT2D eigenvalue weighted by molar-refractivity contribution is 7.71. The Bertz CT molecular complexity index is 2510. The van der Waals surface area contributed by atoms with Gasteiger partial charge in [-0.3, -0.25) is 0 Å². The van der Waals surface area contributed by atoms with Crippen LogP contribution in [0, 0.1) is 17.8 Å². The molecule has 0 aromatic heterocycles. The number of benzene rings is 7. The van der Waals surface area contributed by atoms with Gasteiger partial charge in [-0.2, -0.15) is 0 Å². The lowest BCUT2D eigenvalue weighted by molar-refractivity contribution is 0.224. The van der Waals surface area contributed by atoms with E-state index in [9.17, 15) is 0 Å². The van der Waals surface area contributed by atoms with Gasteiger partial charge < -0.3 is 0 Å². The molecule has 7 aromatic carbocycles. The van der Waals surface area contributed by atoms with Crippen LogP contribution in [0.15, 0.2) is 158 Å². The Balaban J connectivity index is 1.07. The highest BCUT2D eigenvalue weighted by atomic mass is 31.1. The largest absolute Gasteiger partial charge is 0.0808 e. The van der Waals surface area contributed by atoms with Crippen LogP contribution < -0.4 is 10.6 Å². The third-order valence-corrected chi connectivity index (χ3v) is 18.3. The van der Waals surface area contributed by atoms with Gasteiger partial charge in [0.25, 0.3) is 0 Å². The van der Waals surface area contributed by atoms with Gasteiger partial charge in [0.15, 0.2) is 0 Å². The zero-order valence-electron chi connectivity index (χ0n) is 29.5. The topological polar surface area (TPSA) is 0 Å². The van der Waals surface area contributed by atoms with Crippen molar-refractivity contribution in [2.24, 2.45) is 17.8 Å². The predicted molar refractivity (Wildman–Crippen MR) is 227 cm³/mol. The summed E-state index contributed by atoms with van der Waals surface area (Å²) < 4.78 is 0. The zero-order chi connectivity index (χ0) is 34.2. The molecule has 7 aromatic rings. The number of hydrogen-bond acceptors (Lipinski definition) is 0. The molecule has 2 heteroatoms. The van der Waals surface area contributed by atoms with Crippen molar-refractivity contribution in [2.45, 2.75) is 37.2 Å². The Labute approximate surface area is 309 Å². The first-order chi connectivity index (χ1) is 25.8. The molecule has 0 radical (unpaired) electrons. The molecule has 0 bridgehead atoms. The van der Waals surface area contributed by atoms with Crippen molar-refractivity contribution >= 4 is 58.8 Å². The predicted octanol–water partition coefficient (Wildman–Crippen LogP) is 12.8. The van der Waals surface area contributed by atoms with Crippen LogP contribution in [0.5, 0.6) is 0 Å². The first-order valence-electron chi connectivity index (χ1n) is 19.2. The monoisotopic (exact) mass is 704 g/mol. The molecule has 1 fully saturated rings. The Morgan fingerprint density at radius 2 is 0.962 bits per heavy atom. The van der Waals surface area contributed by atoms with Crippen LogP contribution in [-0.2, 0) is 18.5 Å². The standard InChI is InChI=1S/C50H42P2/c1-5-15-41-33(11-1)21-25-37-29-51(30-38-26-22-34-12-2-6-16-42(34)48(38)47(37)41)45-19-9-10-20-46(45)52-31-39-27-23-35-13-3-7-17-43(35)49(39)50-40(32-52)28-24-36-14-4-8-18-44(36)50/h1-23,25-27,36,40,44,50H,24,28-32H2. The van der Waals surface area contributed by atoms with Gasteiger partial charge in [-0.05, 0) is 137 Å². The smallest absolute Gasteiger partial charge is 0.00232 e. The fourth-order valence-corrected chi connectivity index (χ4v) is 16.8. The molecule has 11 rings (SSSR count). The van der Waals surface area contributed by atoms with E-state index in [0.29, 0.717) is 23.7 Å². The third-order valence-electron chi connectivity index (χ3n) is 12.9. The summed E-state index contributed by atoms with van der Waals surface area (Å²) in [7, 11) is -0.838. The first kappa shape index (κ1) is 31.2. The maximum absolute atomic E-state index is 2.58. The molecule has 0 nitrogen and oxygen atoms in total. The van der Waals surface area contributed by atoms with Gasteiger partial charge in [-0.25, -0.2) is 0 Å². The summed E-state index contributed by atoms with van der Waals surface area (Å²) >= 11 is 0. The van der Waals surface area contributed by atoms with Crippen LogP contribution in [-0.4, -0.2) is 6.16 Å². The number of rotatable bonds is 2. The molecule has 0 saturated heterocycles. The van der Waals surface area contributed by atoms with E-state index >= 15 is 0 Å². The van der Waals surface area contributed by atoms with Crippen molar-refractivity contribution < 1.29 is 0 Å². The summed E-state index contributed by atoms with van der Waals surface area (Å²) in [4.78, 5) is 0. The van der Waals surface area contributed by atoms with Gasteiger partial charge >= 0.3 is 0 Å². The van der Waals surface area contributed by atoms with Crippen molar-refractivity contribution in [1.29, 1.82) is 0 Å². The molecular formula is C50H42P2. The maximum Gasteiger partial charge on any atom is -0.00232 e. The number of allylic oxidation sites excluding steroid dienone is 4. The van der Waals surface area contributed by atoms with E-state index in [1.807, 2.05) is 0 Å². The lowest BCUT2D eigenvalue weighted by Gasteiger charge is -2.43. The minimum atomic E-state index is -0.463. The van der Waals surface area contributed by atoms with Gasteiger partial charge in [-0.1, -0.05) is 174 Å². The van der Waals surface area contributed by atoms with Gasteiger partial charge in [0.2, 0.25) is 0 Å². The zero-order valence-corrected chi connectivity index (χ0v) is 31.2. The van der Waals surface area contributed by atoms with E-state index in [-0.39, 0.29) is 7.92 Å². The van der Waals surface area contributed by atoms with Gasteiger partial charge in [0, 0.05) is 0 Å². The minimum Gasteiger partial charge on any atom is -0.0808 e. The van der Waals surface area contributed by atoms with Crippen LogP contribution in [0.4, 0.5) is 0 Å². The summed E-state index contributed by atoms with van der Waals surface area (Å²) in [6.45, 7) is 0. The van der Waals surface area contributed by atoms with Crippen molar-refractivity contribution in [3.05, 3.63) is 180 Å². The highest BCUT2D eigenvalue weighted by Gasteiger charge is 2.43. The third kappa shape index (κ3) is 5.02. The van der Waals surface area contributed by atoms with Crippen molar-refractivity contribution in [2.75, 3.05) is 6.16 Å². The van der Waals surface area contributed by atoms with E-state index in [2.05, 4.69) is 158 Å². The van der Waals surface area contributed by atoms with E-state index < -0.39 is 7.92 Å². The van der Waals surface area contributed by atoms with Crippen LogP contribution in [0.2, 0.25) is 0 Å². The van der Waals surface area contributed by atoms with Gasteiger partial charge in [0.05, 0.1) is 0 Å². The Morgan fingerprint density at radius 3 is 1.63 bits per heavy atom. The Hall–Kier alpha value is -4.34. The molecule has 2 aliphatic carbocycles.